The summed E-state index contributed by atoms with van der Waals surface area (Å²) in [5.41, 5.74) is 7.26. The van der Waals surface area contributed by atoms with Crippen molar-refractivity contribution >= 4 is 57.6 Å². The molecule has 1 aromatic rings. The molecule has 0 radical (unpaired) electrons. The molecule has 0 fully saturated rings. The fraction of sp³-hybridized carbons (Fsp3) is 0.500. The smallest absolute Gasteiger partial charge is 0.142 e. The van der Waals surface area contributed by atoms with E-state index >= 15 is 0 Å². The van der Waals surface area contributed by atoms with Crippen molar-refractivity contribution in [1.82, 2.24) is 0 Å². The molecule has 0 aromatic heterocycles. The summed E-state index contributed by atoms with van der Waals surface area (Å²) in [4.78, 5) is 0. The second-order valence-electron chi connectivity index (χ2n) is 4.41. The number of rotatable bonds is 4. The maximum absolute atomic E-state index is 9.67. The van der Waals surface area contributed by atoms with Crippen LogP contribution in [0, 0.1) is 13.1 Å². The molecule has 98 valence electrons. The fourth-order valence-electron chi connectivity index (χ4n) is 1.48. The van der Waals surface area contributed by atoms with E-state index in [1.54, 1.807) is 0 Å². The first-order valence-electron chi connectivity index (χ1n) is 5.35. The Bertz CT molecular complexity index is 349. The highest BCUT2D eigenvalue weighted by Crippen LogP contribution is 2.30. The summed E-state index contributed by atoms with van der Waals surface area (Å²) in [6, 6.07) is 4.02. The Morgan fingerprint density at radius 3 is 2.06 bits per heavy atom. The third-order valence-electron chi connectivity index (χ3n) is 2.52. The van der Waals surface area contributed by atoms with Gasteiger partial charge in [-0.3, -0.25) is 0 Å². The Balaban J connectivity index is 0.00000256. The summed E-state index contributed by atoms with van der Waals surface area (Å²) in [6.45, 7) is 4.41. The van der Waals surface area contributed by atoms with Gasteiger partial charge in [0.05, 0.1) is 7.14 Å². The molecule has 0 saturated carbocycles. The van der Waals surface area contributed by atoms with Gasteiger partial charge in [0.25, 0.3) is 0 Å². The average molecular weight is 482 g/mol. The van der Waals surface area contributed by atoms with Crippen LogP contribution in [0.5, 0.6) is 5.75 Å². The lowest BCUT2D eigenvalue weighted by molar-refractivity contribution is 0.466. The molecule has 3 N–H and O–H groups in total. The number of nitrogens with two attached hydrogens (primary N) is 1. The summed E-state index contributed by atoms with van der Waals surface area (Å²) in [7, 11) is 0. The third-order valence-corrected chi connectivity index (χ3v) is 4.17. The van der Waals surface area contributed by atoms with Crippen LogP contribution in [-0.4, -0.2) is 5.11 Å². The Kier molecular flexibility index (Phi) is 8.36. The van der Waals surface area contributed by atoms with Crippen molar-refractivity contribution in [2.24, 2.45) is 11.7 Å². The molecule has 0 saturated heterocycles. The zero-order valence-electron chi connectivity index (χ0n) is 9.91. The quantitative estimate of drug-likeness (QED) is 0.624. The van der Waals surface area contributed by atoms with E-state index in [0.29, 0.717) is 11.7 Å². The number of halogens is 3. The van der Waals surface area contributed by atoms with Crippen LogP contribution >= 0.6 is 57.6 Å². The van der Waals surface area contributed by atoms with Gasteiger partial charge in [0.1, 0.15) is 5.75 Å². The maximum Gasteiger partial charge on any atom is 0.142 e. The van der Waals surface area contributed by atoms with Crippen LogP contribution in [0.3, 0.4) is 0 Å². The van der Waals surface area contributed by atoms with Crippen LogP contribution in [0.2, 0.25) is 0 Å². The number of phenolic OH excluding ortho intramolecular Hbond substituents is 1. The van der Waals surface area contributed by atoms with Crippen molar-refractivity contribution in [3.05, 3.63) is 24.8 Å². The highest BCUT2D eigenvalue weighted by atomic mass is 127. The lowest BCUT2D eigenvalue weighted by Crippen LogP contribution is -2.11. The molecule has 0 bridgehead atoms. The molecule has 1 aromatic carbocycles. The molecule has 5 heteroatoms. The SMILES string of the molecule is CC(C)CC[C@H](N)c1cc(I)c(O)c(I)c1.Cl. The van der Waals surface area contributed by atoms with Crippen LogP contribution in [-0.2, 0) is 0 Å². The summed E-state index contributed by atoms with van der Waals surface area (Å²) in [5.74, 6) is 1.04. The van der Waals surface area contributed by atoms with Crippen molar-refractivity contribution in [1.29, 1.82) is 0 Å². The first kappa shape index (κ1) is 17.7. The average Bonchev–Trinajstić information content (AvgIpc) is 2.21. The van der Waals surface area contributed by atoms with Crippen molar-refractivity contribution in [3.8, 4) is 5.75 Å². The second-order valence-corrected chi connectivity index (χ2v) is 6.74. The van der Waals surface area contributed by atoms with E-state index in [1.807, 2.05) is 12.1 Å². The Hall–Kier alpha value is 0.730. The summed E-state index contributed by atoms with van der Waals surface area (Å²) < 4.78 is 1.75. The molecule has 0 aliphatic rings. The molecule has 1 atom stereocenters. The standard InChI is InChI=1S/C12H17I2NO.ClH/c1-7(2)3-4-11(15)8-5-9(13)12(16)10(14)6-8;/h5-7,11,16H,3-4,15H2,1-2H3;1H/t11-;/m0./s1. The number of phenols is 1. The van der Waals surface area contributed by atoms with E-state index in [2.05, 4.69) is 59.0 Å². The third kappa shape index (κ3) is 5.48. The molecule has 17 heavy (non-hydrogen) atoms. The fourth-order valence-corrected chi connectivity index (χ4v) is 3.30. The lowest BCUT2D eigenvalue weighted by atomic mass is 9.98. The maximum atomic E-state index is 9.67. The lowest BCUT2D eigenvalue weighted by Gasteiger charge is -2.15. The predicted octanol–water partition coefficient (Wildman–Crippen LogP) is 4.46. The van der Waals surface area contributed by atoms with E-state index in [0.717, 1.165) is 25.5 Å². The van der Waals surface area contributed by atoms with Gasteiger partial charge in [-0.25, -0.2) is 0 Å². The van der Waals surface area contributed by atoms with Crippen molar-refractivity contribution in [3.63, 3.8) is 0 Å². The first-order chi connectivity index (χ1) is 7.41. The summed E-state index contributed by atoms with van der Waals surface area (Å²) in [5, 5.41) is 9.67. The molecule has 0 heterocycles. The van der Waals surface area contributed by atoms with Crippen molar-refractivity contribution < 1.29 is 5.11 Å². The normalized spacial score (nSPS) is 12.4. The number of benzene rings is 1. The number of aromatic hydroxyl groups is 1. The topological polar surface area (TPSA) is 46.2 Å². The Morgan fingerprint density at radius 2 is 1.65 bits per heavy atom. The van der Waals surface area contributed by atoms with Gasteiger partial charge < -0.3 is 10.8 Å². The predicted molar refractivity (Wildman–Crippen MR) is 91.8 cm³/mol. The monoisotopic (exact) mass is 481 g/mol. The number of hydrogen-bond donors (Lipinski definition) is 2. The van der Waals surface area contributed by atoms with E-state index in [4.69, 9.17) is 5.73 Å². The highest BCUT2D eigenvalue weighted by Gasteiger charge is 2.11. The molecule has 0 unspecified atom stereocenters. The molecule has 0 amide bonds. The molecule has 0 aliphatic heterocycles. The van der Waals surface area contributed by atoms with Crippen molar-refractivity contribution in [2.45, 2.75) is 32.7 Å². The zero-order valence-corrected chi connectivity index (χ0v) is 15.0. The van der Waals surface area contributed by atoms with Gasteiger partial charge in [-0.1, -0.05) is 13.8 Å². The van der Waals surface area contributed by atoms with Crippen LogP contribution in [0.15, 0.2) is 12.1 Å². The summed E-state index contributed by atoms with van der Waals surface area (Å²) >= 11 is 4.28. The van der Waals surface area contributed by atoms with Crippen LogP contribution < -0.4 is 5.73 Å². The molecular weight excluding hydrogens is 463 g/mol. The van der Waals surface area contributed by atoms with Crippen molar-refractivity contribution in [2.75, 3.05) is 0 Å². The molecule has 0 spiro atoms. The van der Waals surface area contributed by atoms with Gasteiger partial charge >= 0.3 is 0 Å². The minimum absolute atomic E-state index is 0. The van der Waals surface area contributed by atoms with Gasteiger partial charge in [0.15, 0.2) is 0 Å². The zero-order chi connectivity index (χ0) is 12.3. The van der Waals surface area contributed by atoms with Crippen LogP contribution in [0.4, 0.5) is 0 Å². The second kappa shape index (κ2) is 8.01. The largest absolute Gasteiger partial charge is 0.506 e. The van der Waals surface area contributed by atoms with Gasteiger partial charge in [-0.05, 0) is 81.6 Å². The van der Waals surface area contributed by atoms with Crippen LogP contribution in [0.1, 0.15) is 38.3 Å². The van der Waals surface area contributed by atoms with E-state index in [9.17, 15) is 5.11 Å². The highest BCUT2D eigenvalue weighted by molar-refractivity contribution is 14.1. The van der Waals surface area contributed by atoms with E-state index < -0.39 is 0 Å². The Morgan fingerprint density at radius 1 is 1.18 bits per heavy atom. The molecular formula is C12H18ClI2NO. The minimum atomic E-state index is 0. The number of hydrogen-bond acceptors (Lipinski definition) is 2. The van der Waals surface area contributed by atoms with Gasteiger partial charge in [0.2, 0.25) is 0 Å². The van der Waals surface area contributed by atoms with Gasteiger partial charge in [-0.15, -0.1) is 12.4 Å². The molecule has 2 nitrogen and oxygen atoms in total. The Labute approximate surface area is 136 Å². The minimum Gasteiger partial charge on any atom is -0.506 e. The van der Waals surface area contributed by atoms with Gasteiger partial charge in [-0.2, -0.15) is 0 Å². The van der Waals surface area contributed by atoms with E-state index in [-0.39, 0.29) is 18.4 Å². The first-order valence-corrected chi connectivity index (χ1v) is 7.51. The molecule has 1 rings (SSSR count). The molecule has 0 aliphatic carbocycles. The van der Waals surface area contributed by atoms with Crippen LogP contribution in [0.25, 0.3) is 0 Å². The van der Waals surface area contributed by atoms with E-state index in [1.165, 1.54) is 0 Å². The summed E-state index contributed by atoms with van der Waals surface area (Å²) in [6.07, 6.45) is 2.13. The van der Waals surface area contributed by atoms with Gasteiger partial charge in [0, 0.05) is 6.04 Å².